The average Bonchev–Trinajstić information content (AvgIpc) is 3.24. The molecule has 2 amide bonds. The number of H-pyrrole nitrogens is 1. The van der Waals surface area contributed by atoms with Gasteiger partial charge in [-0.1, -0.05) is 0 Å². The number of nitrogens with zero attached hydrogens (tertiary/aromatic N) is 2. The van der Waals surface area contributed by atoms with E-state index < -0.39 is 35.3 Å². The number of rotatable bonds is 5. The number of halogens is 5. The third kappa shape index (κ3) is 5.25. The number of nitrogens with one attached hydrogen (secondary N) is 2. The SMILES string of the molecule is NC(=O)c1cc(SN2CCC(F)(F)CC2)sc1NC(=O)c1cc(C(F)(F)F)[nH]n1. The zero-order chi connectivity index (χ0) is 21.4. The third-order valence-electron chi connectivity index (χ3n) is 3.99. The van der Waals surface area contributed by atoms with E-state index in [1.807, 2.05) is 0 Å². The molecule has 1 saturated heterocycles. The van der Waals surface area contributed by atoms with E-state index in [4.69, 9.17) is 5.73 Å². The van der Waals surface area contributed by atoms with Gasteiger partial charge in [0.1, 0.15) is 10.7 Å². The largest absolute Gasteiger partial charge is 0.432 e. The molecule has 4 N–H and O–H groups in total. The van der Waals surface area contributed by atoms with Crippen molar-refractivity contribution in [2.75, 3.05) is 18.4 Å². The number of carbonyl (C=O) groups is 2. The maximum Gasteiger partial charge on any atom is 0.432 e. The van der Waals surface area contributed by atoms with Crippen molar-refractivity contribution < 1.29 is 31.5 Å². The molecule has 0 atom stereocenters. The number of aromatic nitrogens is 2. The molecule has 3 heterocycles. The van der Waals surface area contributed by atoms with Gasteiger partial charge in [-0.05, 0) is 18.0 Å². The Labute approximate surface area is 168 Å². The number of amides is 2. The average molecular weight is 455 g/mol. The number of thiophene rings is 1. The summed E-state index contributed by atoms with van der Waals surface area (Å²) >= 11 is 2.09. The quantitative estimate of drug-likeness (QED) is 0.472. The summed E-state index contributed by atoms with van der Waals surface area (Å²) in [5.41, 5.74) is 3.54. The zero-order valence-corrected chi connectivity index (χ0v) is 16.1. The first-order chi connectivity index (χ1) is 13.4. The molecular weight excluding hydrogens is 441 g/mol. The Kier molecular flexibility index (Phi) is 5.87. The number of primary amides is 1. The van der Waals surface area contributed by atoms with Crippen LogP contribution in [0.5, 0.6) is 0 Å². The molecule has 0 spiro atoms. The van der Waals surface area contributed by atoms with Gasteiger partial charge in [-0.25, -0.2) is 13.1 Å². The van der Waals surface area contributed by atoms with E-state index in [0.29, 0.717) is 10.3 Å². The Morgan fingerprint density at radius 3 is 2.48 bits per heavy atom. The van der Waals surface area contributed by atoms with Gasteiger partial charge in [-0.15, -0.1) is 11.3 Å². The molecule has 3 rings (SSSR count). The number of carbonyl (C=O) groups excluding carboxylic acids is 2. The lowest BCUT2D eigenvalue weighted by atomic mass is 10.1. The molecule has 29 heavy (non-hydrogen) atoms. The van der Waals surface area contributed by atoms with Crippen molar-refractivity contribution in [1.29, 1.82) is 0 Å². The Hall–Kier alpha value is -2.19. The van der Waals surface area contributed by atoms with Crippen LogP contribution in [0.15, 0.2) is 16.3 Å². The summed E-state index contributed by atoms with van der Waals surface area (Å²) in [6.45, 7) is 0.271. The highest BCUT2D eigenvalue weighted by atomic mass is 32.2. The van der Waals surface area contributed by atoms with Crippen LogP contribution in [0.3, 0.4) is 0 Å². The van der Waals surface area contributed by atoms with Crippen LogP contribution in [0, 0.1) is 0 Å². The van der Waals surface area contributed by atoms with Gasteiger partial charge in [0.15, 0.2) is 5.69 Å². The monoisotopic (exact) mass is 455 g/mol. The molecule has 14 heteroatoms. The Bertz CT molecular complexity index is 917. The first-order valence-electron chi connectivity index (χ1n) is 8.13. The number of nitrogens with two attached hydrogens (primary N) is 1. The van der Waals surface area contributed by atoms with E-state index in [0.717, 1.165) is 23.3 Å². The van der Waals surface area contributed by atoms with Crippen LogP contribution in [-0.4, -0.2) is 45.3 Å². The second-order valence-corrected chi connectivity index (χ2v) is 8.62. The standard InChI is InChI=1S/C15H14F5N5O2S2/c16-14(17)1-3-25(4-2-14)29-10-5-7(11(21)26)13(28-10)22-12(27)8-6-9(24-23-8)15(18,19)20/h5-6H,1-4H2,(H2,21,26)(H,22,27)(H,23,24). The van der Waals surface area contributed by atoms with Crippen molar-refractivity contribution >= 4 is 40.1 Å². The third-order valence-corrected chi connectivity index (χ3v) is 6.23. The topological polar surface area (TPSA) is 104 Å². The summed E-state index contributed by atoms with van der Waals surface area (Å²) in [6, 6.07) is 1.93. The summed E-state index contributed by atoms with van der Waals surface area (Å²) in [5, 5.41) is 7.39. The van der Waals surface area contributed by atoms with Gasteiger partial charge in [0.2, 0.25) is 0 Å². The van der Waals surface area contributed by atoms with Gasteiger partial charge in [-0.3, -0.25) is 14.7 Å². The van der Waals surface area contributed by atoms with Crippen LogP contribution in [0.4, 0.5) is 27.0 Å². The molecule has 0 aliphatic carbocycles. The molecule has 1 aliphatic rings. The Balaban J connectivity index is 1.72. The summed E-state index contributed by atoms with van der Waals surface area (Å²) in [5.74, 6) is -4.52. The first kappa shape index (κ1) is 21.5. The molecule has 0 aromatic carbocycles. The molecule has 2 aromatic heterocycles. The number of hydrogen-bond donors (Lipinski definition) is 3. The maximum absolute atomic E-state index is 13.2. The predicted molar refractivity (Wildman–Crippen MR) is 96.0 cm³/mol. The van der Waals surface area contributed by atoms with Gasteiger partial charge in [-0.2, -0.15) is 18.3 Å². The van der Waals surface area contributed by atoms with Crippen LogP contribution >= 0.6 is 23.3 Å². The van der Waals surface area contributed by atoms with E-state index in [1.165, 1.54) is 6.07 Å². The molecule has 7 nitrogen and oxygen atoms in total. The molecule has 1 fully saturated rings. The fraction of sp³-hybridized carbons (Fsp3) is 0.400. The minimum atomic E-state index is -4.69. The van der Waals surface area contributed by atoms with E-state index in [9.17, 15) is 31.5 Å². The highest BCUT2D eigenvalue weighted by Gasteiger charge is 2.35. The molecule has 0 saturated carbocycles. The van der Waals surface area contributed by atoms with Crippen LogP contribution in [0.25, 0.3) is 0 Å². The number of hydrogen-bond acceptors (Lipinski definition) is 6. The number of alkyl halides is 5. The first-order valence-corrected chi connectivity index (χ1v) is 9.72. The Morgan fingerprint density at radius 2 is 1.93 bits per heavy atom. The lowest BCUT2D eigenvalue weighted by molar-refractivity contribution is -0.141. The molecular formula is C15H14F5N5O2S2. The molecule has 1 aliphatic heterocycles. The van der Waals surface area contributed by atoms with E-state index >= 15 is 0 Å². The van der Waals surface area contributed by atoms with Crippen molar-refractivity contribution in [3.63, 3.8) is 0 Å². The lowest BCUT2D eigenvalue weighted by Crippen LogP contribution is -2.35. The van der Waals surface area contributed by atoms with Gasteiger partial charge in [0.05, 0.1) is 9.77 Å². The van der Waals surface area contributed by atoms with Gasteiger partial charge in [0.25, 0.3) is 17.7 Å². The summed E-state index contributed by atoms with van der Waals surface area (Å²) in [6.07, 6.45) is -5.28. The minimum Gasteiger partial charge on any atom is -0.366 e. The highest BCUT2D eigenvalue weighted by Crippen LogP contribution is 2.39. The van der Waals surface area contributed by atoms with Crippen LogP contribution in [0.2, 0.25) is 0 Å². The molecule has 2 aromatic rings. The summed E-state index contributed by atoms with van der Waals surface area (Å²) < 4.78 is 66.6. The van der Waals surface area contributed by atoms with Crippen LogP contribution < -0.4 is 11.1 Å². The van der Waals surface area contributed by atoms with E-state index in [-0.39, 0.29) is 36.5 Å². The second-order valence-electron chi connectivity index (χ2n) is 6.17. The van der Waals surface area contributed by atoms with Gasteiger partial charge < -0.3 is 11.1 Å². The zero-order valence-electron chi connectivity index (χ0n) is 14.5. The summed E-state index contributed by atoms with van der Waals surface area (Å²) in [4.78, 5) is 23.8. The summed E-state index contributed by atoms with van der Waals surface area (Å²) in [7, 11) is 0. The normalized spacial score (nSPS) is 17.3. The van der Waals surface area contributed by atoms with Crippen LogP contribution in [-0.2, 0) is 6.18 Å². The second kappa shape index (κ2) is 7.91. The van der Waals surface area contributed by atoms with Crippen molar-refractivity contribution in [3.8, 4) is 0 Å². The van der Waals surface area contributed by atoms with E-state index in [2.05, 4.69) is 10.4 Å². The van der Waals surface area contributed by atoms with Gasteiger partial charge in [0, 0.05) is 32.0 Å². The highest BCUT2D eigenvalue weighted by molar-refractivity contribution is 7.99. The van der Waals surface area contributed by atoms with Crippen molar-refractivity contribution in [3.05, 3.63) is 29.1 Å². The smallest absolute Gasteiger partial charge is 0.366 e. The minimum absolute atomic E-state index is 0.0314. The van der Waals surface area contributed by atoms with Crippen molar-refractivity contribution in [2.24, 2.45) is 5.73 Å². The number of anilines is 1. The maximum atomic E-state index is 13.2. The van der Waals surface area contributed by atoms with Crippen LogP contribution in [0.1, 0.15) is 39.4 Å². The van der Waals surface area contributed by atoms with E-state index in [1.54, 1.807) is 9.40 Å². The molecule has 158 valence electrons. The van der Waals surface area contributed by atoms with Gasteiger partial charge >= 0.3 is 6.18 Å². The predicted octanol–water partition coefficient (Wildman–Crippen LogP) is 3.58. The fourth-order valence-electron chi connectivity index (χ4n) is 2.47. The Morgan fingerprint density at radius 1 is 1.28 bits per heavy atom. The van der Waals surface area contributed by atoms with Crippen molar-refractivity contribution in [2.45, 2.75) is 29.1 Å². The fourth-order valence-corrected chi connectivity index (χ4v) is 4.77. The lowest BCUT2D eigenvalue weighted by Gasteiger charge is -2.30. The number of aromatic amines is 1. The molecule has 0 radical (unpaired) electrons. The molecule has 0 bridgehead atoms. The van der Waals surface area contributed by atoms with Crippen molar-refractivity contribution in [1.82, 2.24) is 14.5 Å². The number of piperidine rings is 1. The molecule has 0 unspecified atom stereocenters.